The Morgan fingerprint density at radius 1 is 1.00 bits per heavy atom. The van der Waals surface area contributed by atoms with Crippen molar-refractivity contribution < 1.29 is 56.5 Å². The fourth-order valence-corrected chi connectivity index (χ4v) is 2.88. The predicted octanol–water partition coefficient (Wildman–Crippen LogP) is -1.83. The van der Waals surface area contributed by atoms with Crippen molar-refractivity contribution in [1.82, 2.24) is 9.88 Å². The van der Waals surface area contributed by atoms with E-state index in [0.717, 1.165) is 12.2 Å². The van der Waals surface area contributed by atoms with E-state index in [4.69, 9.17) is 0 Å². The molecule has 0 fully saturated rings. The van der Waals surface area contributed by atoms with Gasteiger partial charge >= 0.3 is 21.1 Å². The maximum Gasteiger partial charge on any atom is 2.00 e. The van der Waals surface area contributed by atoms with Crippen LogP contribution in [0.3, 0.4) is 0 Å². The average molecular weight is 635 g/mol. The summed E-state index contributed by atoms with van der Waals surface area (Å²) in [6, 6.07) is 10.5. The van der Waals surface area contributed by atoms with Gasteiger partial charge in [0.05, 0.1) is 12.2 Å². The molecule has 0 bridgehead atoms. The van der Waals surface area contributed by atoms with E-state index in [1.165, 1.54) is 22.4 Å². The van der Waals surface area contributed by atoms with Gasteiger partial charge < -0.3 is 43.8 Å². The van der Waals surface area contributed by atoms with E-state index in [1.54, 1.807) is 0 Å². The van der Waals surface area contributed by atoms with E-state index in [9.17, 15) is 0 Å². The largest absolute Gasteiger partial charge is 2.00 e. The number of rotatable bonds is 3. The molecule has 2 aromatic rings. The van der Waals surface area contributed by atoms with Crippen molar-refractivity contribution in [3.05, 3.63) is 78.0 Å². The van der Waals surface area contributed by atoms with Crippen LogP contribution in [0.25, 0.3) is 0 Å². The Hall–Kier alpha value is -0.642. The molecule has 0 spiro atoms. The molecule has 0 amide bonds. The van der Waals surface area contributed by atoms with Crippen LogP contribution >= 0.6 is 0 Å². The number of nitrogens with zero attached hydrogens (tertiary/aromatic N) is 3. The van der Waals surface area contributed by atoms with Gasteiger partial charge in [-0.1, -0.05) is 23.8 Å². The second-order valence-corrected chi connectivity index (χ2v) is 5.56. The van der Waals surface area contributed by atoms with Crippen LogP contribution in [-0.4, -0.2) is 9.88 Å². The van der Waals surface area contributed by atoms with Gasteiger partial charge in [0, 0.05) is 25.7 Å². The Labute approximate surface area is 181 Å². The normalized spacial score (nSPS) is 12.3. The standard InChI is InChI=1S/C18H20N3.2BrH.Pt.H2/c1-14-10-15(2)18(16(3)11-14)21-9-8-20(13-21)12-17-6-4-5-7-19-17;;;;/h4-11,13H,12H2,1-3H3;2*1H;;1H/q;;;+2;/p-2. The van der Waals surface area contributed by atoms with Crippen molar-refractivity contribution in [2.24, 2.45) is 0 Å². The monoisotopic (exact) mass is 633 g/mol. The summed E-state index contributed by atoms with van der Waals surface area (Å²) in [5.74, 6) is 0. The molecular weight excluding hydrogens is 613 g/mol. The molecule has 24 heavy (non-hydrogen) atoms. The molecule has 0 aliphatic carbocycles. The number of hydrogen-bond donors (Lipinski definition) is 0. The van der Waals surface area contributed by atoms with Crippen molar-refractivity contribution in [3.8, 4) is 0 Å². The molecule has 133 valence electrons. The molecule has 0 N–H and O–H groups in total. The number of benzene rings is 1. The third kappa shape index (κ3) is 5.43. The molecule has 0 atom stereocenters. The minimum Gasteiger partial charge on any atom is -1.00 e. The van der Waals surface area contributed by atoms with Gasteiger partial charge in [-0.05, 0) is 44.0 Å². The van der Waals surface area contributed by atoms with Crippen molar-refractivity contribution in [2.45, 2.75) is 27.3 Å². The second kappa shape index (κ2) is 10.4. The van der Waals surface area contributed by atoms with Gasteiger partial charge in [-0.3, -0.25) is 4.98 Å². The SMILES string of the molecule is Cc1cc(C)c(N2[CH]N(Cc3ccccn3)C=C2)c(C)c1.[Br-].[Br-].[HH].[Pt+2]. The maximum absolute atomic E-state index is 4.37. The molecule has 1 aromatic carbocycles. The van der Waals surface area contributed by atoms with Gasteiger partial charge in [-0.15, -0.1) is 0 Å². The van der Waals surface area contributed by atoms with Crippen molar-refractivity contribution >= 4 is 5.69 Å². The zero-order chi connectivity index (χ0) is 14.8. The first-order valence-electron chi connectivity index (χ1n) is 7.18. The van der Waals surface area contributed by atoms with E-state index in [2.05, 4.69) is 66.8 Å². The molecule has 1 aromatic heterocycles. The minimum absolute atomic E-state index is 0. The maximum atomic E-state index is 4.37. The van der Waals surface area contributed by atoms with E-state index in [0.29, 0.717) is 0 Å². The van der Waals surface area contributed by atoms with Crippen LogP contribution in [0.15, 0.2) is 48.9 Å². The minimum atomic E-state index is 0. The summed E-state index contributed by atoms with van der Waals surface area (Å²) in [5.41, 5.74) is 6.24. The summed E-state index contributed by atoms with van der Waals surface area (Å²) >= 11 is 0. The summed E-state index contributed by atoms with van der Waals surface area (Å²) in [7, 11) is 0. The fraction of sp³-hybridized carbons (Fsp3) is 0.222. The average Bonchev–Trinajstić information content (AvgIpc) is 2.87. The summed E-state index contributed by atoms with van der Waals surface area (Å²) in [4.78, 5) is 8.71. The first kappa shape index (κ1) is 23.4. The quantitative estimate of drug-likeness (QED) is 0.396. The predicted molar refractivity (Wildman–Crippen MR) is 88.5 cm³/mol. The number of aromatic nitrogens is 1. The Morgan fingerprint density at radius 3 is 2.25 bits per heavy atom. The first-order valence-corrected chi connectivity index (χ1v) is 7.18. The molecule has 0 saturated carbocycles. The first-order chi connectivity index (χ1) is 10.1. The molecular formula is C18H22Br2N3Pt. The Kier molecular flexibility index (Phi) is 10.1. The van der Waals surface area contributed by atoms with Gasteiger partial charge in [-0.25, -0.2) is 0 Å². The number of pyridine rings is 1. The van der Waals surface area contributed by atoms with Crippen LogP contribution in [0.5, 0.6) is 0 Å². The molecule has 1 aliphatic heterocycles. The number of halogens is 2. The van der Waals surface area contributed by atoms with Crippen LogP contribution in [-0.2, 0) is 27.6 Å². The smallest absolute Gasteiger partial charge is 1.00 e. The van der Waals surface area contributed by atoms with Crippen LogP contribution in [0.2, 0.25) is 0 Å². The van der Waals surface area contributed by atoms with Gasteiger partial charge in [0.25, 0.3) is 0 Å². The van der Waals surface area contributed by atoms with Crippen LogP contribution < -0.4 is 38.9 Å². The van der Waals surface area contributed by atoms with E-state index >= 15 is 0 Å². The number of hydrogen-bond acceptors (Lipinski definition) is 3. The van der Waals surface area contributed by atoms with Crippen molar-refractivity contribution in [1.29, 1.82) is 0 Å². The summed E-state index contributed by atoms with van der Waals surface area (Å²) < 4.78 is 0. The summed E-state index contributed by atoms with van der Waals surface area (Å²) in [6.07, 6.45) is 6.03. The molecule has 0 saturated heterocycles. The zero-order valence-corrected chi connectivity index (χ0v) is 19.3. The molecule has 3 rings (SSSR count). The fourth-order valence-electron chi connectivity index (χ4n) is 2.88. The van der Waals surface area contributed by atoms with Crippen molar-refractivity contribution in [2.75, 3.05) is 4.90 Å². The second-order valence-electron chi connectivity index (χ2n) is 5.56. The Bertz CT molecular complexity index is 660. The molecule has 1 aliphatic rings. The Morgan fingerprint density at radius 2 is 1.67 bits per heavy atom. The molecule has 6 heteroatoms. The van der Waals surface area contributed by atoms with E-state index in [-0.39, 0.29) is 56.5 Å². The van der Waals surface area contributed by atoms with Crippen molar-refractivity contribution in [3.63, 3.8) is 0 Å². The molecule has 3 nitrogen and oxygen atoms in total. The van der Waals surface area contributed by atoms with Crippen LogP contribution in [0.4, 0.5) is 5.69 Å². The Balaban J connectivity index is 0. The summed E-state index contributed by atoms with van der Waals surface area (Å²) in [6.45, 7) is 9.38. The van der Waals surface area contributed by atoms with Crippen LogP contribution in [0.1, 0.15) is 23.8 Å². The molecule has 1 radical (unpaired) electrons. The third-order valence-electron chi connectivity index (χ3n) is 3.66. The van der Waals surface area contributed by atoms with Crippen LogP contribution in [0, 0.1) is 27.4 Å². The van der Waals surface area contributed by atoms with Gasteiger partial charge in [0.2, 0.25) is 0 Å². The molecule has 2 heterocycles. The van der Waals surface area contributed by atoms with Gasteiger partial charge in [0.1, 0.15) is 6.67 Å². The topological polar surface area (TPSA) is 19.4 Å². The number of anilines is 1. The molecule has 0 unspecified atom stereocenters. The summed E-state index contributed by atoms with van der Waals surface area (Å²) in [5, 5.41) is 0. The third-order valence-corrected chi connectivity index (χ3v) is 3.66. The van der Waals surface area contributed by atoms with Gasteiger partial charge in [0.15, 0.2) is 0 Å². The number of aryl methyl sites for hydroxylation is 3. The van der Waals surface area contributed by atoms with E-state index < -0.39 is 0 Å². The van der Waals surface area contributed by atoms with Gasteiger partial charge in [-0.2, -0.15) is 0 Å². The zero-order valence-electron chi connectivity index (χ0n) is 13.8. The van der Waals surface area contributed by atoms with E-state index in [1.807, 2.05) is 24.4 Å².